The summed E-state index contributed by atoms with van der Waals surface area (Å²) in [5, 5.41) is 7.46. The van der Waals surface area contributed by atoms with Gasteiger partial charge in [0, 0.05) is 12.0 Å². The van der Waals surface area contributed by atoms with Crippen LogP contribution in [0.4, 0.5) is 17.6 Å². The number of alkyl halides is 3. The zero-order valence-corrected chi connectivity index (χ0v) is 19.0. The van der Waals surface area contributed by atoms with E-state index in [-0.39, 0.29) is 29.6 Å². The summed E-state index contributed by atoms with van der Waals surface area (Å²) in [5.41, 5.74) is -0.518. The van der Waals surface area contributed by atoms with E-state index in [1.165, 1.54) is 32.9 Å². The van der Waals surface area contributed by atoms with Crippen LogP contribution in [0.25, 0.3) is 5.69 Å². The van der Waals surface area contributed by atoms with Crippen molar-refractivity contribution in [3.05, 3.63) is 63.9 Å². The Hall–Kier alpha value is -2.68. The minimum atomic E-state index is -4.73. The molecule has 0 saturated heterocycles. The van der Waals surface area contributed by atoms with Crippen LogP contribution in [0.1, 0.15) is 56.3 Å². The van der Waals surface area contributed by atoms with Gasteiger partial charge in [0.05, 0.1) is 28.3 Å². The lowest BCUT2D eigenvalue weighted by Crippen LogP contribution is -2.39. The van der Waals surface area contributed by atoms with Crippen molar-refractivity contribution < 1.29 is 22.4 Å². The topological polar surface area (TPSA) is 52.7 Å². The number of nitrogens with zero attached hydrogens (tertiary/aromatic N) is 4. The van der Waals surface area contributed by atoms with Crippen molar-refractivity contribution in [2.24, 2.45) is 0 Å². The van der Waals surface area contributed by atoms with E-state index in [9.17, 15) is 22.4 Å². The number of benzene rings is 1. The fraction of sp³-hybridized carbons (Fsp3) is 0.409. The molecule has 32 heavy (non-hydrogen) atoms. The number of hydrogen-bond acceptors (Lipinski definition) is 3. The lowest BCUT2D eigenvalue weighted by atomic mass is 9.92. The number of aromatic nitrogens is 4. The summed E-state index contributed by atoms with van der Waals surface area (Å²) in [4.78, 5) is 13.3. The fourth-order valence-corrected chi connectivity index (χ4v) is 3.87. The first-order valence-corrected chi connectivity index (χ1v) is 10.3. The summed E-state index contributed by atoms with van der Waals surface area (Å²) < 4.78 is 55.7. The van der Waals surface area contributed by atoms with Crippen molar-refractivity contribution in [1.82, 2.24) is 19.6 Å². The maximum atomic E-state index is 13.3. The molecule has 0 radical (unpaired) electrons. The van der Waals surface area contributed by atoms with Crippen LogP contribution in [0.2, 0.25) is 5.02 Å². The van der Waals surface area contributed by atoms with Crippen molar-refractivity contribution in [1.29, 1.82) is 0 Å². The molecular weight excluding hydrogens is 448 g/mol. The van der Waals surface area contributed by atoms with Gasteiger partial charge in [-0.2, -0.15) is 23.4 Å². The predicted octanol–water partition coefficient (Wildman–Crippen LogP) is 5.86. The standard InChI is InChI=1S/C22H23ClF4N4O/c1-12(2)19-14(11-28-30(19)16-8-6-15(24)7-9-16)10-17(32)21(4,5)31-13(3)18(23)20(29-31)22(25,26)27/h6-9,11-12H,10H2,1-5H3. The highest BCUT2D eigenvalue weighted by Gasteiger charge is 2.42. The molecule has 3 aromatic rings. The number of Topliss-reactive ketones (excluding diaryl/α,β-unsaturated/α-hetero) is 1. The van der Waals surface area contributed by atoms with E-state index in [1.807, 2.05) is 13.8 Å². The van der Waals surface area contributed by atoms with E-state index < -0.39 is 22.4 Å². The molecule has 0 fully saturated rings. The molecule has 0 aliphatic rings. The Bertz CT molecular complexity index is 1140. The highest BCUT2D eigenvalue weighted by molar-refractivity contribution is 6.32. The van der Waals surface area contributed by atoms with Gasteiger partial charge in [-0.1, -0.05) is 25.4 Å². The van der Waals surface area contributed by atoms with Gasteiger partial charge >= 0.3 is 6.18 Å². The van der Waals surface area contributed by atoms with Crippen LogP contribution in [-0.4, -0.2) is 25.3 Å². The molecule has 0 bridgehead atoms. The number of rotatable bonds is 6. The Morgan fingerprint density at radius 1 is 1.16 bits per heavy atom. The SMILES string of the molecule is Cc1c(Cl)c(C(F)(F)F)nn1C(C)(C)C(=O)Cc1cnn(-c2ccc(F)cc2)c1C(C)C. The van der Waals surface area contributed by atoms with Crippen LogP contribution in [0, 0.1) is 12.7 Å². The molecule has 0 aliphatic heterocycles. The molecule has 0 atom stereocenters. The number of carbonyl (C=O) groups excluding carboxylic acids is 1. The zero-order chi connectivity index (χ0) is 24.0. The molecule has 0 amide bonds. The average molecular weight is 471 g/mol. The molecule has 0 unspecified atom stereocenters. The quantitative estimate of drug-likeness (QED) is 0.424. The van der Waals surface area contributed by atoms with Gasteiger partial charge in [-0.3, -0.25) is 9.48 Å². The van der Waals surface area contributed by atoms with E-state index in [4.69, 9.17) is 11.6 Å². The van der Waals surface area contributed by atoms with E-state index in [1.54, 1.807) is 23.0 Å². The van der Waals surface area contributed by atoms with Gasteiger partial charge in [0.2, 0.25) is 0 Å². The zero-order valence-electron chi connectivity index (χ0n) is 18.3. The van der Waals surface area contributed by atoms with Crippen LogP contribution in [-0.2, 0) is 22.9 Å². The molecule has 2 aromatic heterocycles. The van der Waals surface area contributed by atoms with Gasteiger partial charge < -0.3 is 0 Å². The Kier molecular flexibility index (Phi) is 6.25. The second-order valence-corrected chi connectivity index (χ2v) is 8.79. The number of ketones is 1. The minimum Gasteiger partial charge on any atom is -0.297 e. The van der Waals surface area contributed by atoms with Crippen LogP contribution in [0.5, 0.6) is 0 Å². The van der Waals surface area contributed by atoms with Crippen molar-refractivity contribution in [2.75, 3.05) is 0 Å². The Labute approximate surface area is 188 Å². The predicted molar refractivity (Wildman–Crippen MR) is 113 cm³/mol. The van der Waals surface area contributed by atoms with Crippen LogP contribution in [0.3, 0.4) is 0 Å². The van der Waals surface area contributed by atoms with Crippen LogP contribution < -0.4 is 0 Å². The van der Waals surface area contributed by atoms with Crippen molar-refractivity contribution in [3.8, 4) is 5.69 Å². The largest absolute Gasteiger partial charge is 0.436 e. The first-order chi connectivity index (χ1) is 14.7. The highest BCUT2D eigenvalue weighted by Crippen LogP contribution is 2.37. The fourth-order valence-electron chi connectivity index (χ4n) is 3.65. The molecule has 1 aromatic carbocycles. The van der Waals surface area contributed by atoms with Gasteiger partial charge in [0.15, 0.2) is 11.5 Å². The van der Waals surface area contributed by atoms with Crippen molar-refractivity contribution in [2.45, 2.75) is 58.7 Å². The van der Waals surface area contributed by atoms with Gasteiger partial charge in [0.1, 0.15) is 11.4 Å². The van der Waals surface area contributed by atoms with Crippen LogP contribution in [0.15, 0.2) is 30.5 Å². The molecule has 172 valence electrons. The summed E-state index contributed by atoms with van der Waals surface area (Å²) >= 11 is 5.86. The third-order valence-electron chi connectivity index (χ3n) is 5.38. The third kappa shape index (κ3) is 4.30. The van der Waals surface area contributed by atoms with E-state index >= 15 is 0 Å². The molecule has 5 nitrogen and oxygen atoms in total. The molecule has 0 saturated carbocycles. The van der Waals surface area contributed by atoms with E-state index in [2.05, 4.69) is 10.2 Å². The maximum absolute atomic E-state index is 13.3. The summed E-state index contributed by atoms with van der Waals surface area (Å²) in [7, 11) is 0. The van der Waals surface area contributed by atoms with Gasteiger partial charge in [-0.05, 0) is 51.0 Å². The second kappa shape index (κ2) is 8.35. The Morgan fingerprint density at radius 2 is 1.75 bits per heavy atom. The first-order valence-electron chi connectivity index (χ1n) is 9.94. The van der Waals surface area contributed by atoms with Gasteiger partial charge in [-0.15, -0.1) is 0 Å². The molecule has 10 heteroatoms. The Balaban J connectivity index is 1.98. The molecule has 2 heterocycles. The summed E-state index contributed by atoms with van der Waals surface area (Å²) in [6.07, 6.45) is -3.25. The lowest BCUT2D eigenvalue weighted by molar-refractivity contribution is -0.142. The van der Waals surface area contributed by atoms with Crippen molar-refractivity contribution in [3.63, 3.8) is 0 Å². The molecule has 3 rings (SSSR count). The summed E-state index contributed by atoms with van der Waals surface area (Å²) in [6, 6.07) is 5.80. The molecule has 0 spiro atoms. The highest BCUT2D eigenvalue weighted by atomic mass is 35.5. The molecule has 0 aliphatic carbocycles. The maximum Gasteiger partial charge on any atom is 0.436 e. The second-order valence-electron chi connectivity index (χ2n) is 8.41. The van der Waals surface area contributed by atoms with E-state index in [0.717, 1.165) is 10.4 Å². The number of carbonyl (C=O) groups is 1. The summed E-state index contributed by atoms with van der Waals surface area (Å²) in [5.74, 6) is -0.754. The number of halogens is 5. The lowest BCUT2D eigenvalue weighted by Gasteiger charge is -2.26. The minimum absolute atomic E-state index is 0.0221. The normalized spacial score (nSPS) is 12.6. The smallest absolute Gasteiger partial charge is 0.297 e. The number of hydrogen-bond donors (Lipinski definition) is 0. The van der Waals surface area contributed by atoms with Gasteiger partial charge in [-0.25, -0.2) is 9.07 Å². The van der Waals surface area contributed by atoms with E-state index in [0.29, 0.717) is 11.3 Å². The molecular formula is C22H23ClF4N4O. The van der Waals surface area contributed by atoms with Crippen molar-refractivity contribution >= 4 is 17.4 Å². The summed E-state index contributed by atoms with van der Waals surface area (Å²) in [6.45, 7) is 8.27. The molecule has 0 N–H and O–H groups in total. The first kappa shape index (κ1) is 24.0. The monoisotopic (exact) mass is 470 g/mol. The van der Waals surface area contributed by atoms with Crippen LogP contribution >= 0.6 is 11.6 Å². The third-order valence-corrected chi connectivity index (χ3v) is 5.83. The average Bonchev–Trinajstić information content (AvgIpc) is 3.24. The van der Waals surface area contributed by atoms with Gasteiger partial charge in [0.25, 0.3) is 0 Å². The Morgan fingerprint density at radius 3 is 2.25 bits per heavy atom.